The summed E-state index contributed by atoms with van der Waals surface area (Å²) in [4.78, 5) is 38.3. The van der Waals surface area contributed by atoms with E-state index in [1.54, 1.807) is 0 Å². The second-order valence-corrected chi connectivity index (χ2v) is 6.09. The second-order valence-electron chi connectivity index (χ2n) is 5.13. The lowest BCUT2D eigenvalue weighted by Crippen LogP contribution is -2.19. The fraction of sp³-hybridized carbons (Fsp3) is 0.312. The number of aromatic nitrogens is 3. The van der Waals surface area contributed by atoms with Crippen LogP contribution in [0.2, 0.25) is 0 Å². The number of carbonyl (C=O) groups is 2. The summed E-state index contributed by atoms with van der Waals surface area (Å²) < 4.78 is 15.1. The Hall–Kier alpha value is -3.08. The van der Waals surface area contributed by atoms with E-state index in [0.717, 1.165) is 11.8 Å². The van der Waals surface area contributed by atoms with Crippen LogP contribution in [0.25, 0.3) is 0 Å². The standard InChI is InChI=1S/C16H18N4O6S/c1-8-14(22)18-16(20-19-8)27-7-13(21)17-10-6-12(25-3)11(24-2)5-9(10)15(23)26-4/h5-6H,7H2,1-4H3,(H,17,21)(H,18,20,22). The zero-order chi connectivity index (χ0) is 20.0. The number of thioether (sulfide) groups is 1. The van der Waals surface area contributed by atoms with Crippen molar-refractivity contribution in [3.05, 3.63) is 33.7 Å². The van der Waals surface area contributed by atoms with Gasteiger partial charge < -0.3 is 19.5 Å². The molecule has 0 aliphatic heterocycles. The molecule has 0 spiro atoms. The fourth-order valence-electron chi connectivity index (χ4n) is 2.02. The van der Waals surface area contributed by atoms with Crippen molar-refractivity contribution in [2.24, 2.45) is 0 Å². The smallest absolute Gasteiger partial charge is 0.340 e. The van der Waals surface area contributed by atoms with E-state index in [1.165, 1.54) is 40.4 Å². The van der Waals surface area contributed by atoms with Crippen LogP contribution >= 0.6 is 11.8 Å². The molecular formula is C16H18N4O6S. The quantitative estimate of drug-likeness (QED) is 0.521. The number of carbonyl (C=O) groups excluding carboxylic acids is 2. The van der Waals surface area contributed by atoms with Gasteiger partial charge >= 0.3 is 5.97 Å². The van der Waals surface area contributed by atoms with Crippen LogP contribution in [-0.4, -0.2) is 54.1 Å². The van der Waals surface area contributed by atoms with Gasteiger partial charge in [0.15, 0.2) is 16.7 Å². The van der Waals surface area contributed by atoms with Crippen LogP contribution in [0.15, 0.2) is 22.1 Å². The molecule has 0 saturated carbocycles. The Morgan fingerprint density at radius 1 is 1.15 bits per heavy atom. The Balaban J connectivity index is 2.18. The molecule has 2 rings (SSSR count). The molecule has 27 heavy (non-hydrogen) atoms. The predicted molar refractivity (Wildman–Crippen MR) is 97.6 cm³/mol. The number of esters is 1. The maximum atomic E-state index is 12.3. The molecule has 0 atom stereocenters. The van der Waals surface area contributed by atoms with E-state index in [1.807, 2.05) is 0 Å². The lowest BCUT2D eigenvalue weighted by Gasteiger charge is -2.14. The molecular weight excluding hydrogens is 376 g/mol. The maximum absolute atomic E-state index is 12.3. The van der Waals surface area contributed by atoms with Crippen LogP contribution in [0.1, 0.15) is 16.1 Å². The molecule has 1 aromatic carbocycles. The molecule has 1 aromatic heterocycles. The molecule has 0 bridgehead atoms. The van der Waals surface area contributed by atoms with Crippen LogP contribution in [0, 0.1) is 6.92 Å². The Labute approximate surface area is 158 Å². The number of H-pyrrole nitrogens is 1. The van der Waals surface area contributed by atoms with Crippen LogP contribution in [0.4, 0.5) is 5.69 Å². The normalized spacial score (nSPS) is 10.2. The van der Waals surface area contributed by atoms with Crippen LogP contribution in [0.3, 0.4) is 0 Å². The Bertz CT molecular complexity index is 914. The predicted octanol–water partition coefficient (Wildman–Crippen LogP) is 1.01. The van der Waals surface area contributed by atoms with E-state index in [9.17, 15) is 14.4 Å². The number of ether oxygens (including phenoxy) is 3. The highest BCUT2D eigenvalue weighted by Crippen LogP contribution is 2.33. The van der Waals surface area contributed by atoms with Crippen molar-refractivity contribution in [3.63, 3.8) is 0 Å². The minimum Gasteiger partial charge on any atom is -0.493 e. The summed E-state index contributed by atoms with van der Waals surface area (Å²) in [6.45, 7) is 1.53. The number of benzene rings is 1. The summed E-state index contributed by atoms with van der Waals surface area (Å²) in [6, 6.07) is 2.87. The van der Waals surface area contributed by atoms with Crippen molar-refractivity contribution >= 4 is 29.3 Å². The van der Waals surface area contributed by atoms with Gasteiger partial charge in [-0.1, -0.05) is 11.8 Å². The molecule has 2 N–H and O–H groups in total. The fourth-order valence-corrected chi connectivity index (χ4v) is 2.63. The largest absolute Gasteiger partial charge is 0.493 e. The first-order chi connectivity index (χ1) is 12.9. The monoisotopic (exact) mass is 394 g/mol. The number of nitrogens with one attached hydrogen (secondary N) is 2. The van der Waals surface area contributed by atoms with Crippen LogP contribution in [0.5, 0.6) is 11.5 Å². The highest BCUT2D eigenvalue weighted by Gasteiger charge is 2.19. The van der Waals surface area contributed by atoms with Gasteiger partial charge in [0.1, 0.15) is 5.69 Å². The van der Waals surface area contributed by atoms with Gasteiger partial charge in [0.2, 0.25) is 5.91 Å². The number of hydrogen-bond donors (Lipinski definition) is 2. The van der Waals surface area contributed by atoms with Gasteiger partial charge in [-0.15, -0.1) is 10.2 Å². The number of amides is 1. The van der Waals surface area contributed by atoms with E-state index < -0.39 is 11.9 Å². The van der Waals surface area contributed by atoms with Crippen molar-refractivity contribution < 1.29 is 23.8 Å². The molecule has 10 nitrogen and oxygen atoms in total. The van der Waals surface area contributed by atoms with E-state index in [4.69, 9.17) is 14.2 Å². The first-order valence-corrected chi connectivity index (χ1v) is 8.58. The zero-order valence-electron chi connectivity index (χ0n) is 15.1. The lowest BCUT2D eigenvalue weighted by atomic mass is 10.1. The minimum absolute atomic E-state index is 0.0668. The van der Waals surface area contributed by atoms with Crippen molar-refractivity contribution in [2.75, 3.05) is 32.4 Å². The Morgan fingerprint density at radius 3 is 2.41 bits per heavy atom. The third-order valence-electron chi connectivity index (χ3n) is 3.38. The molecule has 2 aromatic rings. The summed E-state index contributed by atoms with van der Waals surface area (Å²) in [5.74, 6) is -0.490. The number of hydrogen-bond acceptors (Lipinski definition) is 9. The molecule has 0 saturated heterocycles. The SMILES string of the molecule is COC(=O)c1cc(OC)c(OC)cc1NC(=O)CSc1nnc(C)c(=O)[nH]1. The Kier molecular flexibility index (Phi) is 6.77. The summed E-state index contributed by atoms with van der Waals surface area (Å²) in [5.41, 5.74) is 0.170. The van der Waals surface area contributed by atoms with Crippen molar-refractivity contribution in [2.45, 2.75) is 12.1 Å². The van der Waals surface area contributed by atoms with Gasteiger partial charge in [-0.25, -0.2) is 4.79 Å². The number of nitrogens with zero attached hydrogens (tertiary/aromatic N) is 2. The topological polar surface area (TPSA) is 132 Å². The van der Waals surface area contributed by atoms with Gasteiger partial charge in [-0.05, 0) is 6.92 Å². The minimum atomic E-state index is -0.646. The molecule has 1 heterocycles. The average molecular weight is 394 g/mol. The number of methoxy groups -OCH3 is 3. The molecule has 0 aliphatic rings. The molecule has 0 fully saturated rings. The molecule has 0 unspecified atom stereocenters. The number of aromatic amines is 1. The molecule has 0 aliphatic carbocycles. The van der Waals surface area contributed by atoms with Gasteiger partial charge in [0.25, 0.3) is 5.56 Å². The first-order valence-electron chi connectivity index (χ1n) is 7.60. The van der Waals surface area contributed by atoms with Crippen molar-refractivity contribution in [1.82, 2.24) is 15.2 Å². The maximum Gasteiger partial charge on any atom is 0.340 e. The van der Waals surface area contributed by atoms with E-state index in [2.05, 4.69) is 20.5 Å². The number of anilines is 1. The zero-order valence-corrected chi connectivity index (χ0v) is 15.9. The molecule has 0 radical (unpaired) electrons. The highest BCUT2D eigenvalue weighted by atomic mass is 32.2. The van der Waals surface area contributed by atoms with Gasteiger partial charge in [0.05, 0.1) is 38.3 Å². The number of rotatable bonds is 7. The van der Waals surface area contributed by atoms with Crippen molar-refractivity contribution in [1.29, 1.82) is 0 Å². The summed E-state index contributed by atoms with van der Waals surface area (Å²) in [7, 11) is 4.09. The third kappa shape index (κ3) is 4.97. The summed E-state index contributed by atoms with van der Waals surface area (Å²) >= 11 is 0.995. The van der Waals surface area contributed by atoms with Gasteiger partial charge in [0, 0.05) is 12.1 Å². The van der Waals surface area contributed by atoms with Gasteiger partial charge in [-0.3, -0.25) is 14.6 Å². The number of aryl methyl sites for hydroxylation is 1. The Morgan fingerprint density at radius 2 is 1.81 bits per heavy atom. The summed E-state index contributed by atoms with van der Waals surface area (Å²) in [6.07, 6.45) is 0. The van der Waals surface area contributed by atoms with Crippen LogP contribution < -0.4 is 20.3 Å². The molecule has 1 amide bonds. The van der Waals surface area contributed by atoms with E-state index >= 15 is 0 Å². The third-order valence-corrected chi connectivity index (χ3v) is 4.25. The van der Waals surface area contributed by atoms with E-state index in [-0.39, 0.29) is 33.4 Å². The molecule has 144 valence electrons. The highest BCUT2D eigenvalue weighted by molar-refractivity contribution is 7.99. The molecule has 11 heteroatoms. The van der Waals surface area contributed by atoms with E-state index in [0.29, 0.717) is 11.5 Å². The van der Waals surface area contributed by atoms with Crippen molar-refractivity contribution in [3.8, 4) is 11.5 Å². The van der Waals surface area contributed by atoms with Crippen LogP contribution in [-0.2, 0) is 9.53 Å². The first kappa shape index (κ1) is 20.2. The summed E-state index contributed by atoms with van der Waals surface area (Å²) in [5, 5.41) is 10.3. The lowest BCUT2D eigenvalue weighted by molar-refractivity contribution is -0.113. The van der Waals surface area contributed by atoms with Gasteiger partial charge in [-0.2, -0.15) is 0 Å². The average Bonchev–Trinajstić information content (AvgIpc) is 2.67. The second kappa shape index (κ2) is 9.03.